The Morgan fingerprint density at radius 3 is 1.62 bits per heavy atom. The van der Waals surface area contributed by atoms with Crippen LogP contribution in [-0.2, 0) is 4.79 Å². The molecule has 0 saturated carbocycles. The molecule has 0 saturated heterocycles. The van der Waals surface area contributed by atoms with Gasteiger partial charge in [-0.25, -0.2) is 0 Å². The van der Waals surface area contributed by atoms with Crippen molar-refractivity contribution in [3.63, 3.8) is 0 Å². The standard InChI is InChI=1S/C13H26O2.Ba.2H/c1-2-3-4-5-6-7-8-9-10-11-12-13(14)15;;;/h2-12H2,1H3,(H,14,15);;;/q;+2;2*-1. The molecule has 3 heteroatoms. The minimum Gasteiger partial charge on any atom is -1.00 e. The number of hydrogen-bond donors (Lipinski definition) is 1. The summed E-state index contributed by atoms with van der Waals surface area (Å²) < 4.78 is 0. The van der Waals surface area contributed by atoms with Crippen molar-refractivity contribution in [2.45, 2.75) is 77.6 Å². The minimum absolute atomic E-state index is 0. The Bertz CT molecular complexity index is 158. The van der Waals surface area contributed by atoms with E-state index in [9.17, 15) is 4.79 Å². The molecular formula is C13H28BaO2. The van der Waals surface area contributed by atoms with E-state index in [1.807, 2.05) is 0 Å². The molecule has 2 nitrogen and oxygen atoms in total. The number of unbranched alkanes of at least 4 members (excludes halogenated alkanes) is 9. The smallest absolute Gasteiger partial charge is 1.00 e. The molecule has 0 heterocycles. The molecule has 0 atom stereocenters. The Hall–Kier alpha value is 1.04. The van der Waals surface area contributed by atoms with Gasteiger partial charge in [-0.3, -0.25) is 4.79 Å². The van der Waals surface area contributed by atoms with Crippen LogP contribution in [0.2, 0.25) is 0 Å². The SMILES string of the molecule is CCCCCCCCCCCCC(=O)O.[Ba+2].[H-].[H-]. The number of aliphatic carboxylic acids is 1. The van der Waals surface area contributed by atoms with Crippen molar-refractivity contribution >= 4 is 54.9 Å². The van der Waals surface area contributed by atoms with Gasteiger partial charge in [0.05, 0.1) is 0 Å². The van der Waals surface area contributed by atoms with E-state index in [-0.39, 0.29) is 51.7 Å². The molecule has 16 heavy (non-hydrogen) atoms. The van der Waals surface area contributed by atoms with Crippen LogP contribution in [0.1, 0.15) is 80.4 Å². The van der Waals surface area contributed by atoms with Gasteiger partial charge in [0, 0.05) is 6.42 Å². The van der Waals surface area contributed by atoms with Crippen molar-refractivity contribution in [2.75, 3.05) is 0 Å². The molecule has 0 aromatic carbocycles. The Kier molecular flexibility index (Phi) is 19.4. The van der Waals surface area contributed by atoms with Gasteiger partial charge in [-0.15, -0.1) is 0 Å². The Morgan fingerprint density at radius 1 is 0.875 bits per heavy atom. The summed E-state index contributed by atoms with van der Waals surface area (Å²) in [5.41, 5.74) is 0. The molecule has 0 spiro atoms. The summed E-state index contributed by atoms with van der Waals surface area (Å²) in [7, 11) is 0. The van der Waals surface area contributed by atoms with Crippen LogP contribution in [0.4, 0.5) is 0 Å². The molecule has 0 aliphatic heterocycles. The van der Waals surface area contributed by atoms with Gasteiger partial charge in [-0.1, -0.05) is 64.7 Å². The largest absolute Gasteiger partial charge is 2.00 e. The molecule has 0 aliphatic rings. The molecule has 0 aromatic heterocycles. The van der Waals surface area contributed by atoms with Crippen molar-refractivity contribution in [3.05, 3.63) is 0 Å². The molecule has 1 N–H and O–H groups in total. The summed E-state index contributed by atoms with van der Waals surface area (Å²) in [6.45, 7) is 2.24. The number of carboxylic acid groups (broad SMARTS) is 1. The second-order valence-electron chi connectivity index (χ2n) is 4.33. The summed E-state index contributed by atoms with van der Waals surface area (Å²) in [5, 5.41) is 8.44. The van der Waals surface area contributed by atoms with Crippen LogP contribution in [0.3, 0.4) is 0 Å². The Morgan fingerprint density at radius 2 is 1.25 bits per heavy atom. The predicted molar refractivity (Wildman–Crippen MR) is 72.1 cm³/mol. The van der Waals surface area contributed by atoms with E-state index in [2.05, 4.69) is 6.92 Å². The van der Waals surface area contributed by atoms with Gasteiger partial charge in [0.1, 0.15) is 0 Å². The molecule has 0 aromatic rings. The zero-order valence-corrected chi connectivity index (χ0v) is 15.3. The van der Waals surface area contributed by atoms with E-state index in [1.165, 1.54) is 51.4 Å². The molecule has 0 aliphatic carbocycles. The summed E-state index contributed by atoms with van der Waals surface area (Å²) in [6, 6.07) is 0. The van der Waals surface area contributed by atoms with E-state index >= 15 is 0 Å². The van der Waals surface area contributed by atoms with Crippen LogP contribution in [0.15, 0.2) is 0 Å². The fraction of sp³-hybridized carbons (Fsp3) is 0.923. The number of carbonyl (C=O) groups is 1. The zero-order valence-electron chi connectivity index (χ0n) is 12.8. The Balaban J connectivity index is -0.000000327. The molecular weight excluding hydrogens is 325 g/mol. The van der Waals surface area contributed by atoms with E-state index in [4.69, 9.17) is 5.11 Å². The van der Waals surface area contributed by atoms with Gasteiger partial charge in [-0.05, 0) is 6.42 Å². The van der Waals surface area contributed by atoms with Crippen molar-refractivity contribution < 1.29 is 12.8 Å². The van der Waals surface area contributed by atoms with Gasteiger partial charge in [0.15, 0.2) is 0 Å². The van der Waals surface area contributed by atoms with Crippen LogP contribution in [0, 0.1) is 0 Å². The maximum atomic E-state index is 10.2. The average Bonchev–Trinajstić information content (AvgIpc) is 2.20. The molecule has 0 unspecified atom stereocenters. The number of hydrogen-bond acceptors (Lipinski definition) is 1. The van der Waals surface area contributed by atoms with Crippen LogP contribution < -0.4 is 0 Å². The molecule has 0 amide bonds. The van der Waals surface area contributed by atoms with E-state index < -0.39 is 5.97 Å². The quantitative estimate of drug-likeness (QED) is 0.446. The van der Waals surface area contributed by atoms with Crippen LogP contribution in [0.5, 0.6) is 0 Å². The maximum Gasteiger partial charge on any atom is 2.00 e. The van der Waals surface area contributed by atoms with E-state index in [1.54, 1.807) is 0 Å². The first kappa shape index (κ1) is 19.4. The third-order valence-electron chi connectivity index (χ3n) is 2.74. The maximum absolute atomic E-state index is 10.2. The van der Waals surface area contributed by atoms with Crippen LogP contribution in [-0.4, -0.2) is 60.0 Å². The monoisotopic (exact) mass is 354 g/mol. The minimum atomic E-state index is -0.658. The first-order valence-electron chi connectivity index (χ1n) is 6.49. The molecule has 0 fully saturated rings. The van der Waals surface area contributed by atoms with E-state index in [0.29, 0.717) is 6.42 Å². The third-order valence-corrected chi connectivity index (χ3v) is 2.74. The van der Waals surface area contributed by atoms with Gasteiger partial charge < -0.3 is 7.96 Å². The summed E-state index contributed by atoms with van der Waals surface area (Å²) in [6.07, 6.45) is 12.9. The predicted octanol–water partition coefficient (Wildman–Crippen LogP) is 4.23. The van der Waals surface area contributed by atoms with Crippen molar-refractivity contribution in [1.82, 2.24) is 0 Å². The number of rotatable bonds is 11. The summed E-state index contributed by atoms with van der Waals surface area (Å²) >= 11 is 0. The first-order valence-corrected chi connectivity index (χ1v) is 6.49. The zero-order chi connectivity index (χ0) is 11.4. The van der Waals surface area contributed by atoms with E-state index in [0.717, 1.165) is 12.8 Å². The van der Waals surface area contributed by atoms with Crippen molar-refractivity contribution in [2.24, 2.45) is 0 Å². The fourth-order valence-electron chi connectivity index (χ4n) is 1.76. The fourth-order valence-corrected chi connectivity index (χ4v) is 1.76. The van der Waals surface area contributed by atoms with Gasteiger partial charge >= 0.3 is 54.9 Å². The normalized spacial score (nSPS) is 9.81. The molecule has 94 valence electrons. The molecule has 0 bridgehead atoms. The third kappa shape index (κ3) is 17.4. The van der Waals surface area contributed by atoms with Crippen LogP contribution >= 0.6 is 0 Å². The van der Waals surface area contributed by atoms with Crippen molar-refractivity contribution in [1.29, 1.82) is 0 Å². The summed E-state index contributed by atoms with van der Waals surface area (Å²) in [5.74, 6) is -0.658. The van der Waals surface area contributed by atoms with Crippen LogP contribution in [0.25, 0.3) is 0 Å². The van der Waals surface area contributed by atoms with Crippen molar-refractivity contribution in [3.8, 4) is 0 Å². The molecule has 0 rings (SSSR count). The Labute approximate surface area is 144 Å². The van der Waals surface area contributed by atoms with Gasteiger partial charge in [0.25, 0.3) is 0 Å². The topological polar surface area (TPSA) is 37.3 Å². The average molecular weight is 354 g/mol. The van der Waals surface area contributed by atoms with Gasteiger partial charge in [-0.2, -0.15) is 0 Å². The van der Waals surface area contributed by atoms with Gasteiger partial charge in [0.2, 0.25) is 0 Å². The second-order valence-corrected chi connectivity index (χ2v) is 4.33. The number of carboxylic acids is 1. The summed E-state index contributed by atoms with van der Waals surface area (Å²) in [4.78, 5) is 10.2. The second kappa shape index (κ2) is 16.0. The first-order chi connectivity index (χ1) is 7.27. The molecule has 0 radical (unpaired) electrons.